The van der Waals surface area contributed by atoms with Crippen molar-refractivity contribution >= 4 is 0 Å². The zero-order valence-electron chi connectivity index (χ0n) is 2.22. The molecule has 0 aromatic heterocycles. The van der Waals surface area contributed by atoms with Crippen LogP contribution in [0, 0.1) is 13.5 Å². The van der Waals surface area contributed by atoms with Crippen molar-refractivity contribution in [3.63, 3.8) is 0 Å². The van der Waals surface area contributed by atoms with Gasteiger partial charge in [0.2, 0.25) is 0 Å². The molecule has 0 atom stereocenters. The molecule has 0 aliphatic heterocycles. The molecule has 1 heteroatoms. The minimum atomic E-state index is 0. The summed E-state index contributed by atoms with van der Waals surface area (Å²) < 4.78 is 0. The van der Waals surface area contributed by atoms with Gasteiger partial charge in [-0.25, -0.2) is 0 Å². The summed E-state index contributed by atoms with van der Waals surface area (Å²) in [6.45, 7) is 7.75. The Kier molecular flexibility index (Phi) is 23.5. The van der Waals surface area contributed by atoms with Gasteiger partial charge in [-0.15, -0.1) is 0 Å². The van der Waals surface area contributed by atoms with Gasteiger partial charge in [0.15, 0.2) is 0 Å². The fourth-order valence-electron chi connectivity index (χ4n) is 0. The summed E-state index contributed by atoms with van der Waals surface area (Å²) in [4.78, 5) is 0. The summed E-state index contributed by atoms with van der Waals surface area (Å²) in [5.74, 6) is 0. The normalized spacial score (nSPS) is 3.00. The van der Waals surface area contributed by atoms with Crippen LogP contribution in [0.2, 0.25) is 0 Å². The van der Waals surface area contributed by atoms with E-state index in [9.17, 15) is 0 Å². The molecule has 0 saturated carbocycles. The monoisotopic (exact) mass is 142 g/mol. The van der Waals surface area contributed by atoms with Crippen molar-refractivity contribution < 1.29 is 19.5 Å². The summed E-state index contributed by atoms with van der Waals surface area (Å²) in [5.41, 5.74) is 0. The topological polar surface area (TPSA) is 0 Å². The van der Waals surface area contributed by atoms with Crippen LogP contribution in [0.1, 0.15) is 0 Å². The molecule has 0 unspecified atom stereocenters. The molecule has 0 aliphatic carbocycles. The Bertz CT molecular complexity index is 10.8. The molecule has 0 spiro atoms. The van der Waals surface area contributed by atoms with Crippen LogP contribution in [-0.2, 0) is 19.5 Å². The van der Waals surface area contributed by atoms with E-state index >= 15 is 0 Å². The predicted molar refractivity (Wildman–Crippen MR) is 14.2 cm³/mol. The smallest absolute Gasteiger partial charge is 0.549 e. The Morgan fingerprint density at radius 1 is 1.75 bits per heavy atom. The molecule has 0 aromatic carbocycles. The first-order valence-corrected chi connectivity index (χ1v) is 0.742. The van der Waals surface area contributed by atoms with Crippen LogP contribution in [-0.4, -0.2) is 0 Å². The second kappa shape index (κ2) is 10.6. The molecule has 0 saturated heterocycles. The largest absolute Gasteiger partial charge is 2.00 e. The molecule has 0 rings (SSSR count). The first-order valence-electron chi connectivity index (χ1n) is 0.742. The number of rotatable bonds is 0. The van der Waals surface area contributed by atoms with Gasteiger partial charge in [0.05, 0.1) is 0 Å². The maximum atomic E-state index is 4.61. The van der Waals surface area contributed by atoms with Crippen molar-refractivity contribution in [2.24, 2.45) is 0 Å². The number of hydrogen-bond acceptors (Lipinski definition) is 0. The Hall–Kier alpha value is 0.233. The molecule has 0 fully saturated rings. The van der Waals surface area contributed by atoms with Crippen LogP contribution in [0.4, 0.5) is 0 Å². The van der Waals surface area contributed by atoms with E-state index in [-0.39, 0.29) is 19.5 Å². The molecular weight excluding hydrogens is 137 g/mol. The summed E-state index contributed by atoms with van der Waals surface area (Å²) in [7, 11) is 0. The zero-order chi connectivity index (χ0) is 2.71. The summed E-state index contributed by atoms with van der Waals surface area (Å²) >= 11 is 0. The fraction of sp³-hybridized carbons (Fsp3) is 0. The molecule has 0 aromatic rings. The summed E-state index contributed by atoms with van der Waals surface area (Å²) in [5, 5.41) is 0. The number of hydrogen-bond donors (Lipinski definition) is 0. The van der Waals surface area contributed by atoms with Crippen molar-refractivity contribution in [3.05, 3.63) is 19.6 Å². The first kappa shape index (κ1) is 8.87. The van der Waals surface area contributed by atoms with Gasteiger partial charge < -0.3 is 19.6 Å². The summed E-state index contributed by atoms with van der Waals surface area (Å²) in [6.07, 6.45) is 1.25. The van der Waals surface area contributed by atoms with Crippen molar-refractivity contribution in [2.75, 3.05) is 0 Å². The predicted octanol–water partition coefficient (Wildman–Crippen LogP) is 0.807. The standard InChI is InChI=1S/C3H4.Ru/c1-3-2;/h1,3H,2H2;/q-2;+2. The third kappa shape index (κ3) is 62.4. The quantitative estimate of drug-likeness (QED) is 0.346. The van der Waals surface area contributed by atoms with Crippen molar-refractivity contribution in [1.29, 1.82) is 0 Å². The van der Waals surface area contributed by atoms with E-state index in [4.69, 9.17) is 0 Å². The Labute approximate surface area is 39.7 Å². The van der Waals surface area contributed by atoms with Gasteiger partial charge in [-0.1, -0.05) is 0 Å². The second-order valence-electron chi connectivity index (χ2n) is 0.236. The third-order valence-corrected chi connectivity index (χ3v) is 0. The van der Waals surface area contributed by atoms with Crippen LogP contribution in [0.3, 0.4) is 0 Å². The van der Waals surface area contributed by atoms with E-state index in [1.165, 1.54) is 6.08 Å². The van der Waals surface area contributed by atoms with Gasteiger partial charge >= 0.3 is 19.5 Å². The van der Waals surface area contributed by atoms with Crippen LogP contribution in [0.25, 0.3) is 0 Å². The zero-order valence-corrected chi connectivity index (χ0v) is 3.95. The number of allylic oxidation sites excluding steroid dienone is 1. The van der Waals surface area contributed by atoms with E-state index in [0.29, 0.717) is 0 Å². The SMILES string of the molecule is [CH-]=C[CH2-].[Ru+2]. The molecular formula is C3H4Ru. The molecule has 4 heavy (non-hydrogen) atoms. The third-order valence-electron chi connectivity index (χ3n) is 0. The maximum Gasteiger partial charge on any atom is 2.00 e. The molecule has 0 amide bonds. The van der Waals surface area contributed by atoms with Crippen molar-refractivity contribution in [3.8, 4) is 0 Å². The molecule has 0 nitrogen and oxygen atoms in total. The molecule has 0 N–H and O–H groups in total. The second-order valence-corrected chi connectivity index (χ2v) is 0.236. The van der Waals surface area contributed by atoms with Crippen molar-refractivity contribution in [1.82, 2.24) is 0 Å². The molecule has 0 aliphatic rings. The minimum absolute atomic E-state index is 0. The van der Waals surface area contributed by atoms with Gasteiger partial charge in [-0.05, 0) is 0 Å². The van der Waals surface area contributed by atoms with Gasteiger partial charge in [0.1, 0.15) is 0 Å². The van der Waals surface area contributed by atoms with Crippen LogP contribution in [0.15, 0.2) is 6.08 Å². The summed E-state index contributed by atoms with van der Waals surface area (Å²) in [6, 6.07) is 0. The van der Waals surface area contributed by atoms with Gasteiger partial charge in [-0.3, -0.25) is 0 Å². The Balaban J connectivity index is 0. The van der Waals surface area contributed by atoms with Gasteiger partial charge in [0.25, 0.3) is 0 Å². The molecule has 0 radical (unpaired) electrons. The molecule has 24 valence electrons. The van der Waals surface area contributed by atoms with Crippen LogP contribution >= 0.6 is 0 Å². The Morgan fingerprint density at radius 3 is 1.75 bits per heavy atom. The van der Waals surface area contributed by atoms with E-state index in [1.807, 2.05) is 0 Å². The van der Waals surface area contributed by atoms with Crippen molar-refractivity contribution in [2.45, 2.75) is 0 Å². The van der Waals surface area contributed by atoms with E-state index in [1.54, 1.807) is 0 Å². The average molecular weight is 141 g/mol. The maximum absolute atomic E-state index is 4.61. The van der Waals surface area contributed by atoms with E-state index in [2.05, 4.69) is 13.5 Å². The Morgan fingerprint density at radius 2 is 1.75 bits per heavy atom. The average Bonchev–Trinajstić information content (AvgIpc) is 0.918. The van der Waals surface area contributed by atoms with E-state index < -0.39 is 0 Å². The van der Waals surface area contributed by atoms with Gasteiger partial charge in [0, 0.05) is 0 Å². The van der Waals surface area contributed by atoms with E-state index in [0.717, 1.165) is 0 Å². The fourth-order valence-corrected chi connectivity index (χ4v) is 0. The molecule has 0 bridgehead atoms. The first-order chi connectivity index (χ1) is 1.41. The molecule has 0 heterocycles. The minimum Gasteiger partial charge on any atom is -0.549 e. The van der Waals surface area contributed by atoms with Crippen LogP contribution < -0.4 is 0 Å². The van der Waals surface area contributed by atoms with Crippen LogP contribution in [0.5, 0.6) is 0 Å². The van der Waals surface area contributed by atoms with Gasteiger partial charge in [-0.2, -0.15) is 0 Å².